The lowest BCUT2D eigenvalue weighted by Gasteiger charge is -2.22. The molecule has 0 saturated carbocycles. The molecular weight excluding hydrogens is 242 g/mol. The van der Waals surface area contributed by atoms with E-state index in [0.29, 0.717) is 17.8 Å². The van der Waals surface area contributed by atoms with Crippen LogP contribution in [-0.2, 0) is 4.79 Å². The Kier molecular flexibility index (Phi) is 5.06. The van der Waals surface area contributed by atoms with Crippen molar-refractivity contribution in [2.24, 2.45) is 0 Å². The van der Waals surface area contributed by atoms with Gasteiger partial charge in [-0.05, 0) is 46.0 Å². The number of hydrogen-bond donors (Lipinski definition) is 3. The Balaban J connectivity index is 2.83. The Bertz CT molecular complexity index is 470. The first kappa shape index (κ1) is 15.2. The van der Waals surface area contributed by atoms with Crippen LogP contribution in [0.2, 0.25) is 0 Å². The number of rotatable bonds is 5. The van der Waals surface area contributed by atoms with Gasteiger partial charge in [0.05, 0.1) is 5.54 Å². The van der Waals surface area contributed by atoms with Crippen LogP contribution in [0, 0.1) is 0 Å². The van der Waals surface area contributed by atoms with Crippen LogP contribution in [0.15, 0.2) is 24.3 Å². The second-order valence-electron chi connectivity index (χ2n) is 4.77. The molecule has 0 heterocycles. The van der Waals surface area contributed by atoms with Crippen molar-refractivity contribution in [2.45, 2.75) is 26.3 Å². The first-order valence-corrected chi connectivity index (χ1v) is 6.29. The van der Waals surface area contributed by atoms with E-state index in [1.165, 1.54) is 0 Å². The van der Waals surface area contributed by atoms with Crippen molar-refractivity contribution in [3.63, 3.8) is 0 Å². The molecule has 3 N–H and O–H groups in total. The fourth-order valence-electron chi connectivity index (χ4n) is 1.40. The summed E-state index contributed by atoms with van der Waals surface area (Å²) < 4.78 is 0. The van der Waals surface area contributed by atoms with E-state index in [2.05, 4.69) is 16.0 Å². The average molecular weight is 263 g/mol. The minimum absolute atomic E-state index is 0.147. The first-order valence-electron chi connectivity index (χ1n) is 6.29. The SMILES string of the molecule is CCNC(=O)c1cccc(NC(=O)C(C)(C)NC)c1. The van der Waals surface area contributed by atoms with Gasteiger partial charge in [0.1, 0.15) is 0 Å². The molecule has 104 valence electrons. The number of amides is 2. The van der Waals surface area contributed by atoms with Crippen LogP contribution in [0.1, 0.15) is 31.1 Å². The number of nitrogens with one attached hydrogen (secondary N) is 3. The molecule has 0 radical (unpaired) electrons. The summed E-state index contributed by atoms with van der Waals surface area (Å²) in [5, 5.41) is 8.44. The number of carbonyl (C=O) groups is 2. The molecule has 0 aromatic heterocycles. The van der Waals surface area contributed by atoms with Crippen molar-refractivity contribution in [1.82, 2.24) is 10.6 Å². The summed E-state index contributed by atoms with van der Waals surface area (Å²) >= 11 is 0. The van der Waals surface area contributed by atoms with E-state index in [0.717, 1.165) is 0 Å². The highest BCUT2D eigenvalue weighted by Crippen LogP contribution is 2.13. The van der Waals surface area contributed by atoms with E-state index in [9.17, 15) is 9.59 Å². The minimum Gasteiger partial charge on any atom is -0.352 e. The number of likely N-dealkylation sites (N-methyl/N-ethyl adjacent to an activating group) is 1. The predicted octanol–water partition coefficient (Wildman–Crippen LogP) is 1.37. The zero-order chi connectivity index (χ0) is 14.5. The maximum absolute atomic E-state index is 12.0. The molecule has 0 aliphatic heterocycles. The normalized spacial score (nSPS) is 10.9. The minimum atomic E-state index is -0.665. The fraction of sp³-hybridized carbons (Fsp3) is 0.429. The van der Waals surface area contributed by atoms with Gasteiger partial charge in [0, 0.05) is 17.8 Å². The van der Waals surface area contributed by atoms with Crippen molar-refractivity contribution in [3.05, 3.63) is 29.8 Å². The zero-order valence-corrected chi connectivity index (χ0v) is 11.8. The van der Waals surface area contributed by atoms with Gasteiger partial charge in [-0.2, -0.15) is 0 Å². The molecule has 2 amide bonds. The van der Waals surface area contributed by atoms with E-state index >= 15 is 0 Å². The highest BCUT2D eigenvalue weighted by atomic mass is 16.2. The average Bonchev–Trinajstić information content (AvgIpc) is 2.39. The summed E-state index contributed by atoms with van der Waals surface area (Å²) in [7, 11) is 1.73. The van der Waals surface area contributed by atoms with Gasteiger partial charge in [0.2, 0.25) is 5.91 Å². The molecule has 19 heavy (non-hydrogen) atoms. The molecule has 5 nitrogen and oxygen atoms in total. The zero-order valence-electron chi connectivity index (χ0n) is 11.8. The Morgan fingerprint density at radius 2 is 1.95 bits per heavy atom. The van der Waals surface area contributed by atoms with Crippen LogP contribution in [0.4, 0.5) is 5.69 Å². The van der Waals surface area contributed by atoms with E-state index < -0.39 is 5.54 Å². The molecule has 0 aliphatic rings. The summed E-state index contributed by atoms with van der Waals surface area (Å²) in [5.41, 5.74) is 0.473. The van der Waals surface area contributed by atoms with Crippen molar-refractivity contribution < 1.29 is 9.59 Å². The van der Waals surface area contributed by atoms with Gasteiger partial charge in [-0.25, -0.2) is 0 Å². The fourth-order valence-corrected chi connectivity index (χ4v) is 1.40. The number of carbonyl (C=O) groups excluding carboxylic acids is 2. The largest absolute Gasteiger partial charge is 0.352 e. The van der Waals surface area contributed by atoms with Crippen LogP contribution in [-0.4, -0.2) is 30.9 Å². The molecule has 0 aliphatic carbocycles. The maximum atomic E-state index is 12.0. The van der Waals surface area contributed by atoms with Crippen LogP contribution >= 0.6 is 0 Å². The Morgan fingerprint density at radius 1 is 1.26 bits per heavy atom. The van der Waals surface area contributed by atoms with Gasteiger partial charge in [-0.1, -0.05) is 6.07 Å². The number of benzene rings is 1. The number of anilines is 1. The second-order valence-corrected chi connectivity index (χ2v) is 4.77. The third kappa shape index (κ3) is 4.06. The lowest BCUT2D eigenvalue weighted by molar-refractivity contribution is -0.121. The molecule has 1 aromatic carbocycles. The quantitative estimate of drug-likeness (QED) is 0.751. The molecule has 0 unspecified atom stereocenters. The summed E-state index contributed by atoms with van der Waals surface area (Å²) in [6.07, 6.45) is 0. The van der Waals surface area contributed by atoms with Crippen LogP contribution in [0.25, 0.3) is 0 Å². The Morgan fingerprint density at radius 3 is 2.53 bits per heavy atom. The predicted molar refractivity (Wildman–Crippen MR) is 76.2 cm³/mol. The van der Waals surface area contributed by atoms with Crippen molar-refractivity contribution in [2.75, 3.05) is 18.9 Å². The molecule has 0 bridgehead atoms. The maximum Gasteiger partial charge on any atom is 0.251 e. The smallest absolute Gasteiger partial charge is 0.251 e. The van der Waals surface area contributed by atoms with Gasteiger partial charge >= 0.3 is 0 Å². The molecule has 5 heteroatoms. The Hall–Kier alpha value is -1.88. The summed E-state index contributed by atoms with van der Waals surface area (Å²) in [5.74, 6) is -0.297. The molecule has 0 spiro atoms. The molecule has 1 rings (SSSR count). The van der Waals surface area contributed by atoms with E-state index in [1.807, 2.05) is 6.92 Å². The first-order chi connectivity index (χ1) is 8.90. The molecule has 0 fully saturated rings. The van der Waals surface area contributed by atoms with Gasteiger partial charge < -0.3 is 16.0 Å². The molecule has 0 atom stereocenters. The Labute approximate surface area is 113 Å². The highest BCUT2D eigenvalue weighted by Gasteiger charge is 2.25. The lowest BCUT2D eigenvalue weighted by Crippen LogP contribution is -2.47. The summed E-state index contributed by atoms with van der Waals surface area (Å²) in [4.78, 5) is 23.7. The van der Waals surface area contributed by atoms with E-state index in [-0.39, 0.29) is 11.8 Å². The topological polar surface area (TPSA) is 70.2 Å². The second kappa shape index (κ2) is 6.33. The lowest BCUT2D eigenvalue weighted by atomic mass is 10.0. The van der Waals surface area contributed by atoms with Crippen LogP contribution in [0.3, 0.4) is 0 Å². The molecular formula is C14H21N3O2. The van der Waals surface area contributed by atoms with Crippen LogP contribution < -0.4 is 16.0 Å². The molecule has 0 saturated heterocycles. The van der Waals surface area contributed by atoms with Crippen molar-refractivity contribution in [3.8, 4) is 0 Å². The standard InChI is InChI=1S/C14H21N3O2/c1-5-16-12(18)10-7-6-8-11(9-10)17-13(19)14(2,3)15-4/h6-9,15H,5H2,1-4H3,(H,16,18)(H,17,19). The van der Waals surface area contributed by atoms with Crippen molar-refractivity contribution >= 4 is 17.5 Å². The summed E-state index contributed by atoms with van der Waals surface area (Å²) in [6.45, 7) is 6.01. The third-order valence-electron chi connectivity index (χ3n) is 2.91. The van der Waals surface area contributed by atoms with Gasteiger partial charge in [-0.15, -0.1) is 0 Å². The van der Waals surface area contributed by atoms with Crippen molar-refractivity contribution in [1.29, 1.82) is 0 Å². The van der Waals surface area contributed by atoms with Crippen LogP contribution in [0.5, 0.6) is 0 Å². The van der Waals surface area contributed by atoms with Gasteiger partial charge in [0.15, 0.2) is 0 Å². The third-order valence-corrected chi connectivity index (χ3v) is 2.91. The monoisotopic (exact) mass is 263 g/mol. The molecule has 1 aromatic rings. The van der Waals surface area contributed by atoms with E-state index in [4.69, 9.17) is 0 Å². The van der Waals surface area contributed by atoms with E-state index in [1.54, 1.807) is 45.2 Å². The van der Waals surface area contributed by atoms with Gasteiger partial charge in [-0.3, -0.25) is 9.59 Å². The van der Waals surface area contributed by atoms with Gasteiger partial charge in [0.25, 0.3) is 5.91 Å². The highest BCUT2D eigenvalue weighted by molar-refractivity contribution is 5.99. The number of hydrogen-bond acceptors (Lipinski definition) is 3. The summed E-state index contributed by atoms with van der Waals surface area (Å²) in [6, 6.07) is 6.87.